The van der Waals surface area contributed by atoms with E-state index in [0.29, 0.717) is 43.9 Å². The number of nitrogens with zero attached hydrogens (tertiary/aromatic N) is 4. The third-order valence-electron chi connectivity index (χ3n) is 10.2. The van der Waals surface area contributed by atoms with Crippen LogP contribution in [-0.2, 0) is 32.9 Å². The molecular weight excluding hydrogens is 625 g/mol. The van der Waals surface area contributed by atoms with E-state index in [-0.39, 0.29) is 35.8 Å². The maximum Gasteiger partial charge on any atom is 0.264 e. The van der Waals surface area contributed by atoms with Gasteiger partial charge in [0.05, 0.1) is 23.4 Å². The molecule has 2 amide bonds. The molecule has 1 aromatic heterocycles. The van der Waals surface area contributed by atoms with Gasteiger partial charge in [-0.1, -0.05) is 35.4 Å². The molecule has 1 spiro atoms. The highest BCUT2D eigenvalue weighted by atomic mass is 28.4. The number of hydrogen-bond donors (Lipinski definition) is 4. The molecule has 4 N–H and O–H groups in total. The molecule has 48 heavy (non-hydrogen) atoms. The predicted octanol–water partition coefficient (Wildman–Crippen LogP) is 4.68. The highest BCUT2D eigenvalue weighted by Crippen LogP contribution is 2.60. The molecule has 1 unspecified atom stereocenters. The Bertz CT molecular complexity index is 1520. The largest absolute Gasteiger partial charge is 0.432 e. The zero-order valence-corrected chi connectivity index (χ0v) is 30.5. The molecule has 3 aliphatic heterocycles. The Balaban J connectivity index is 1.48. The third-order valence-corrected chi connectivity index (χ3v) is 12.7. The third kappa shape index (κ3) is 7.68. The first-order chi connectivity index (χ1) is 22.8. The van der Waals surface area contributed by atoms with Gasteiger partial charge in [0, 0.05) is 61.6 Å². The number of anilines is 2. The smallest absolute Gasteiger partial charge is 0.264 e. The summed E-state index contributed by atoms with van der Waals surface area (Å²) in [6.07, 6.45) is 10.4. The van der Waals surface area contributed by atoms with E-state index in [4.69, 9.17) is 4.74 Å². The van der Waals surface area contributed by atoms with Crippen LogP contribution in [0, 0.1) is 11.8 Å². The molecule has 5 rings (SSSR count). The first-order valence-corrected chi connectivity index (χ1v) is 20.5. The molecule has 0 aliphatic carbocycles. The normalized spacial score (nSPS) is 25.9. The monoisotopic (exact) mass is 678 g/mol. The Morgan fingerprint density at radius 2 is 2.04 bits per heavy atom. The summed E-state index contributed by atoms with van der Waals surface area (Å²) in [6.45, 7) is 14.7. The second-order valence-corrected chi connectivity index (χ2v) is 18.6. The van der Waals surface area contributed by atoms with Crippen molar-refractivity contribution in [3.05, 3.63) is 59.0 Å². The minimum atomic E-state index is -2.85. The average molecular weight is 679 g/mol. The Labute approximate surface area is 285 Å². The highest BCUT2D eigenvalue weighted by Gasteiger charge is 2.66. The van der Waals surface area contributed by atoms with Crippen LogP contribution >= 0.6 is 0 Å². The first kappa shape index (κ1) is 36.1. The molecule has 0 bridgehead atoms. The van der Waals surface area contributed by atoms with Gasteiger partial charge in [0.25, 0.3) is 5.91 Å². The summed E-state index contributed by atoms with van der Waals surface area (Å²) >= 11 is 0. The molecule has 0 saturated carbocycles. The van der Waals surface area contributed by atoms with Crippen molar-refractivity contribution in [1.29, 1.82) is 0 Å². The standard InChI is InChI=1S/C36H54N6O5Si/c1-24(2)9-7-10-25(3)14-19-42-31-13-12-28(38-34(44)27-11-8-17-37-22-27)21-30(31)36(35(42)45)26(4)33(48(5,6)46)32(47-36)15-18-41-23-29(16-20-43)39-40-41/h9,12-14,21,23,26-27,32-33,37,43,46H,7-8,10-11,15-20,22H2,1-6H3,(H,38,44)/b25-14+/t26-,27?,32+,33-,36+/m0/s1. The average Bonchev–Trinajstić information content (AvgIpc) is 3.68. The summed E-state index contributed by atoms with van der Waals surface area (Å²) in [6, 6.07) is 5.74. The van der Waals surface area contributed by atoms with Crippen LogP contribution in [0.2, 0.25) is 18.6 Å². The summed E-state index contributed by atoms with van der Waals surface area (Å²) in [7, 11) is -2.85. The molecule has 3 aliphatic rings. The fourth-order valence-electron chi connectivity index (χ4n) is 7.80. The Morgan fingerprint density at radius 3 is 2.73 bits per heavy atom. The summed E-state index contributed by atoms with van der Waals surface area (Å²) in [4.78, 5) is 41.6. The van der Waals surface area contributed by atoms with Crippen LogP contribution in [0.4, 0.5) is 11.4 Å². The van der Waals surface area contributed by atoms with Crippen LogP contribution in [0.25, 0.3) is 0 Å². The van der Waals surface area contributed by atoms with E-state index in [1.807, 2.05) is 49.3 Å². The lowest BCUT2D eigenvalue weighted by molar-refractivity contribution is -0.145. The molecule has 12 heteroatoms. The molecule has 262 valence electrons. The number of nitrogens with one attached hydrogen (secondary N) is 2. The number of allylic oxidation sites excluding steroid dienone is 3. The molecule has 4 heterocycles. The number of hydrogen-bond acceptors (Lipinski definition) is 8. The van der Waals surface area contributed by atoms with Crippen LogP contribution in [0.5, 0.6) is 0 Å². The minimum Gasteiger partial charge on any atom is -0.432 e. The van der Waals surface area contributed by atoms with Gasteiger partial charge >= 0.3 is 0 Å². The van der Waals surface area contributed by atoms with Crippen molar-refractivity contribution in [2.24, 2.45) is 11.8 Å². The van der Waals surface area contributed by atoms with E-state index in [1.54, 1.807) is 4.68 Å². The van der Waals surface area contributed by atoms with Gasteiger partial charge in [-0.25, -0.2) is 0 Å². The number of carbonyl (C=O) groups is 2. The highest BCUT2D eigenvalue weighted by molar-refractivity contribution is 6.71. The van der Waals surface area contributed by atoms with Crippen molar-refractivity contribution in [3.63, 3.8) is 0 Å². The molecule has 2 aromatic rings. The molecule has 2 saturated heterocycles. The second-order valence-electron chi connectivity index (χ2n) is 14.6. The van der Waals surface area contributed by atoms with E-state index < -0.39 is 20.0 Å². The fraction of sp³-hybridized carbons (Fsp3) is 0.611. The number of carbonyl (C=O) groups excluding carboxylic acids is 2. The van der Waals surface area contributed by atoms with Crippen molar-refractivity contribution in [3.8, 4) is 0 Å². The van der Waals surface area contributed by atoms with Crippen LogP contribution in [0.15, 0.2) is 47.7 Å². The number of fused-ring (bicyclic) bond motifs is 2. The van der Waals surface area contributed by atoms with Gasteiger partial charge in [-0.3, -0.25) is 14.3 Å². The van der Waals surface area contributed by atoms with E-state index in [9.17, 15) is 19.5 Å². The van der Waals surface area contributed by atoms with Crippen molar-refractivity contribution >= 4 is 31.5 Å². The maximum atomic E-state index is 14.8. The van der Waals surface area contributed by atoms with Crippen LogP contribution in [-0.4, -0.2) is 77.4 Å². The van der Waals surface area contributed by atoms with E-state index in [1.165, 1.54) is 11.1 Å². The molecular formula is C36H54N6O5Si. The van der Waals surface area contributed by atoms with Gasteiger partial charge in [-0.2, -0.15) is 0 Å². The van der Waals surface area contributed by atoms with E-state index in [2.05, 4.69) is 53.9 Å². The number of ether oxygens (including phenoxy) is 1. The van der Waals surface area contributed by atoms with Gasteiger partial charge in [0.2, 0.25) is 5.91 Å². The van der Waals surface area contributed by atoms with E-state index in [0.717, 1.165) is 43.5 Å². The summed E-state index contributed by atoms with van der Waals surface area (Å²) in [5.41, 5.74) is 3.83. The predicted molar refractivity (Wildman–Crippen MR) is 190 cm³/mol. The first-order valence-electron chi connectivity index (χ1n) is 17.5. The van der Waals surface area contributed by atoms with E-state index >= 15 is 0 Å². The van der Waals surface area contributed by atoms with Gasteiger partial charge in [0.15, 0.2) is 13.9 Å². The Hall–Kier alpha value is -3.16. The summed E-state index contributed by atoms with van der Waals surface area (Å²) in [5.74, 6) is -0.581. The van der Waals surface area contributed by atoms with Crippen molar-refractivity contribution in [1.82, 2.24) is 20.3 Å². The number of benzene rings is 1. The van der Waals surface area contributed by atoms with Crippen molar-refractivity contribution < 1.29 is 24.2 Å². The van der Waals surface area contributed by atoms with Crippen molar-refractivity contribution in [2.75, 3.05) is 36.5 Å². The number of aliphatic hydroxyl groups excluding tert-OH is 1. The van der Waals surface area contributed by atoms with Crippen LogP contribution in [0.3, 0.4) is 0 Å². The van der Waals surface area contributed by atoms with Crippen LogP contribution in [0.1, 0.15) is 71.1 Å². The number of aryl methyl sites for hydroxylation is 1. The molecule has 11 nitrogen and oxygen atoms in total. The molecule has 0 radical (unpaired) electrons. The minimum absolute atomic E-state index is 0.000972. The van der Waals surface area contributed by atoms with Gasteiger partial charge < -0.3 is 30.2 Å². The molecule has 5 atom stereocenters. The number of piperidine rings is 1. The fourth-order valence-corrected chi connectivity index (χ4v) is 10.4. The second kappa shape index (κ2) is 15.2. The summed E-state index contributed by atoms with van der Waals surface area (Å²) in [5, 5.41) is 24.1. The molecule has 2 fully saturated rings. The number of amides is 2. The lowest BCUT2D eigenvalue weighted by atomic mass is 9.82. The molecule has 1 aromatic carbocycles. The topological polar surface area (TPSA) is 142 Å². The quantitative estimate of drug-likeness (QED) is 0.177. The lowest BCUT2D eigenvalue weighted by Crippen LogP contribution is -2.46. The summed E-state index contributed by atoms with van der Waals surface area (Å²) < 4.78 is 8.75. The Morgan fingerprint density at radius 1 is 1.25 bits per heavy atom. The Kier molecular flexibility index (Phi) is 11.4. The number of aliphatic hydroxyl groups is 1. The number of rotatable bonds is 13. The van der Waals surface area contributed by atoms with Gasteiger partial charge in [-0.05, 0) is 90.7 Å². The van der Waals surface area contributed by atoms with Gasteiger partial charge in [0.1, 0.15) is 0 Å². The SMILES string of the molecule is CC(C)=CCC/C(C)=C/CN1C(=O)[C@]2(O[C@H](CCn3cc(CCO)nn3)[C@@H]([Si](C)(C)O)[C@@H]2C)c2cc(NC(=O)C3CCCNC3)ccc21. The van der Waals surface area contributed by atoms with Gasteiger partial charge in [-0.15, -0.1) is 5.10 Å². The van der Waals surface area contributed by atoms with Crippen molar-refractivity contribution in [2.45, 2.75) is 103 Å². The maximum absolute atomic E-state index is 14.8. The zero-order chi connectivity index (χ0) is 34.6. The number of aromatic nitrogens is 3. The lowest BCUT2D eigenvalue weighted by Gasteiger charge is -2.32. The zero-order valence-electron chi connectivity index (χ0n) is 29.5. The van der Waals surface area contributed by atoms with Crippen LogP contribution < -0.4 is 15.5 Å².